The Balaban J connectivity index is 1.27. The molecule has 2 fully saturated rings. The molecule has 1 aliphatic heterocycles. The summed E-state index contributed by atoms with van der Waals surface area (Å²) >= 11 is 0. The van der Waals surface area contributed by atoms with Gasteiger partial charge in [-0.05, 0) is 70.1 Å². The van der Waals surface area contributed by atoms with Gasteiger partial charge in [0.15, 0.2) is 5.82 Å². The molecular weight excluding hydrogens is 418 g/mol. The smallest absolute Gasteiger partial charge is 0.410 e. The lowest BCUT2D eigenvalue weighted by molar-refractivity contribution is -0.0505. The number of aliphatic hydroxyl groups excluding tert-OH is 1. The van der Waals surface area contributed by atoms with E-state index >= 15 is 0 Å². The second-order valence-corrected chi connectivity index (χ2v) is 10.5. The van der Waals surface area contributed by atoms with Crippen molar-refractivity contribution in [2.45, 2.75) is 64.6 Å². The fourth-order valence-electron chi connectivity index (χ4n) is 5.16. The van der Waals surface area contributed by atoms with Crippen LogP contribution < -0.4 is 0 Å². The van der Waals surface area contributed by atoms with E-state index in [4.69, 9.17) is 4.74 Å². The molecule has 0 bridgehead atoms. The highest BCUT2D eigenvalue weighted by atomic mass is 16.6. The average molecular weight is 450 g/mol. The summed E-state index contributed by atoms with van der Waals surface area (Å²) in [7, 11) is 0. The number of ether oxygens (including phenoxy) is 1. The topological polar surface area (TPSA) is 92.9 Å². The van der Waals surface area contributed by atoms with E-state index in [-0.39, 0.29) is 18.1 Å². The van der Waals surface area contributed by atoms with Crippen molar-refractivity contribution < 1.29 is 14.6 Å². The Hall–Kier alpha value is -3.00. The maximum Gasteiger partial charge on any atom is 0.410 e. The number of rotatable bonds is 3. The monoisotopic (exact) mass is 449 g/mol. The molecule has 3 aromatic rings. The zero-order chi connectivity index (χ0) is 23.2. The van der Waals surface area contributed by atoms with Gasteiger partial charge in [-0.3, -0.25) is 0 Å². The normalized spacial score (nSPS) is 18.5. The third-order valence-electron chi connectivity index (χ3n) is 6.92. The summed E-state index contributed by atoms with van der Waals surface area (Å²) in [6.07, 6.45) is 11.7. The van der Waals surface area contributed by atoms with Crippen LogP contribution in [-0.2, 0) is 11.3 Å². The molecule has 0 aromatic carbocycles. The molecule has 3 aromatic heterocycles. The number of hydrogen-bond acceptors (Lipinski definition) is 6. The molecule has 0 radical (unpaired) electrons. The molecule has 0 atom stereocenters. The molecule has 1 spiro atoms. The van der Waals surface area contributed by atoms with Crippen LogP contribution in [0.3, 0.4) is 0 Å². The van der Waals surface area contributed by atoms with Crippen LogP contribution >= 0.6 is 0 Å². The van der Waals surface area contributed by atoms with Gasteiger partial charge in [-0.25, -0.2) is 19.3 Å². The highest BCUT2D eigenvalue weighted by Crippen LogP contribution is 2.49. The Morgan fingerprint density at radius 2 is 1.85 bits per heavy atom. The Morgan fingerprint density at radius 3 is 2.48 bits per heavy atom. The number of carbonyl (C=O) groups is 1. The maximum atomic E-state index is 12.3. The summed E-state index contributed by atoms with van der Waals surface area (Å²) in [6, 6.07) is 4.16. The van der Waals surface area contributed by atoms with Gasteiger partial charge in [0.25, 0.3) is 0 Å². The number of fused-ring (bicyclic) bond motifs is 1. The second kappa shape index (κ2) is 8.09. The Bertz CT molecular complexity index is 1150. The highest BCUT2D eigenvalue weighted by molar-refractivity contribution is 5.70. The molecule has 5 rings (SSSR count). The molecule has 4 heterocycles. The van der Waals surface area contributed by atoms with E-state index in [0.717, 1.165) is 55.4 Å². The van der Waals surface area contributed by atoms with Gasteiger partial charge in [-0.1, -0.05) is 0 Å². The second-order valence-electron chi connectivity index (χ2n) is 10.5. The zero-order valence-corrected chi connectivity index (χ0v) is 19.5. The Kier molecular flexibility index (Phi) is 5.35. The molecule has 1 amide bonds. The molecule has 33 heavy (non-hydrogen) atoms. The summed E-state index contributed by atoms with van der Waals surface area (Å²) in [5.41, 5.74) is 4.14. The Morgan fingerprint density at radius 1 is 1.15 bits per heavy atom. The van der Waals surface area contributed by atoms with Crippen molar-refractivity contribution in [3.8, 4) is 11.1 Å². The summed E-state index contributed by atoms with van der Waals surface area (Å²) in [6.45, 7) is 7.17. The number of likely N-dealkylation sites (tertiary alicyclic amines) is 1. The van der Waals surface area contributed by atoms with E-state index < -0.39 is 5.60 Å². The van der Waals surface area contributed by atoms with Crippen LogP contribution in [0.1, 0.15) is 63.8 Å². The molecule has 1 N–H and O–H groups in total. The summed E-state index contributed by atoms with van der Waals surface area (Å²) < 4.78 is 7.45. The molecule has 8 nitrogen and oxygen atoms in total. The van der Waals surface area contributed by atoms with E-state index in [1.54, 1.807) is 12.4 Å². The SMILES string of the molecule is CC(C)(C)OC(=O)N1CC2(CCC(c3cnn4ccc(-c5cnc(CO)nc5)cc34)CC2)C1. The van der Waals surface area contributed by atoms with Crippen LogP contribution in [0.15, 0.2) is 36.9 Å². The largest absolute Gasteiger partial charge is 0.444 e. The van der Waals surface area contributed by atoms with Crippen LogP contribution in [0.4, 0.5) is 4.79 Å². The van der Waals surface area contributed by atoms with Gasteiger partial charge in [0.2, 0.25) is 0 Å². The third-order valence-corrected chi connectivity index (χ3v) is 6.92. The van der Waals surface area contributed by atoms with Gasteiger partial charge < -0.3 is 14.7 Å². The molecule has 0 unspecified atom stereocenters. The number of nitrogens with zero attached hydrogens (tertiary/aromatic N) is 5. The number of hydrogen-bond donors (Lipinski definition) is 1. The first-order valence-corrected chi connectivity index (χ1v) is 11.6. The number of aromatic nitrogens is 4. The first-order chi connectivity index (χ1) is 15.8. The molecule has 1 aliphatic carbocycles. The predicted molar refractivity (Wildman–Crippen MR) is 124 cm³/mol. The first kappa shape index (κ1) is 21.8. The minimum absolute atomic E-state index is 0.162. The van der Waals surface area contributed by atoms with Crippen molar-refractivity contribution in [3.63, 3.8) is 0 Å². The fourth-order valence-corrected chi connectivity index (χ4v) is 5.16. The molecule has 1 saturated carbocycles. The van der Waals surface area contributed by atoms with Crippen molar-refractivity contribution in [2.24, 2.45) is 5.41 Å². The van der Waals surface area contributed by atoms with Crippen LogP contribution in [0.5, 0.6) is 0 Å². The van der Waals surface area contributed by atoms with Crippen molar-refractivity contribution in [2.75, 3.05) is 13.1 Å². The quantitative estimate of drug-likeness (QED) is 0.645. The van der Waals surface area contributed by atoms with E-state index in [2.05, 4.69) is 21.1 Å². The van der Waals surface area contributed by atoms with Gasteiger partial charge in [0.05, 0.1) is 11.7 Å². The van der Waals surface area contributed by atoms with Crippen molar-refractivity contribution in [1.82, 2.24) is 24.5 Å². The minimum Gasteiger partial charge on any atom is -0.444 e. The third kappa shape index (κ3) is 4.31. The number of carbonyl (C=O) groups excluding carboxylic acids is 1. The van der Waals surface area contributed by atoms with Crippen LogP contribution in [0, 0.1) is 5.41 Å². The fraction of sp³-hybridized carbons (Fsp3) is 0.520. The number of pyridine rings is 1. The van der Waals surface area contributed by atoms with Crippen LogP contribution in [0.25, 0.3) is 16.6 Å². The van der Waals surface area contributed by atoms with Gasteiger partial charge in [0.1, 0.15) is 12.2 Å². The highest BCUT2D eigenvalue weighted by Gasteiger charge is 2.48. The summed E-state index contributed by atoms with van der Waals surface area (Å²) in [4.78, 5) is 22.6. The number of aliphatic hydroxyl groups is 1. The van der Waals surface area contributed by atoms with Gasteiger partial charge in [0, 0.05) is 48.2 Å². The van der Waals surface area contributed by atoms with Crippen molar-refractivity contribution in [3.05, 3.63) is 48.3 Å². The standard InChI is InChI=1S/C25H31N5O3/c1-24(2,3)33-23(32)29-15-25(16-29)7-4-17(5-8-25)20-13-28-30-9-6-18(10-21(20)30)19-11-26-22(14-31)27-12-19/h6,9-13,17,31H,4-5,7-8,14-16H2,1-3H3. The zero-order valence-electron chi connectivity index (χ0n) is 19.5. The molecule has 8 heteroatoms. The summed E-state index contributed by atoms with van der Waals surface area (Å²) in [5, 5.41) is 13.8. The maximum absolute atomic E-state index is 12.3. The first-order valence-electron chi connectivity index (χ1n) is 11.6. The molecule has 174 valence electrons. The molecule has 2 aliphatic rings. The van der Waals surface area contributed by atoms with E-state index in [1.807, 2.05) is 48.6 Å². The van der Waals surface area contributed by atoms with E-state index in [1.165, 1.54) is 5.56 Å². The average Bonchev–Trinajstić information content (AvgIpc) is 3.19. The lowest BCUT2D eigenvalue weighted by Crippen LogP contribution is -2.60. The van der Waals surface area contributed by atoms with Gasteiger partial charge in [-0.2, -0.15) is 5.10 Å². The molecule has 1 saturated heterocycles. The number of amides is 1. The van der Waals surface area contributed by atoms with Gasteiger partial charge >= 0.3 is 6.09 Å². The predicted octanol–water partition coefficient (Wildman–Crippen LogP) is 4.18. The lowest BCUT2D eigenvalue weighted by Gasteiger charge is -2.53. The molecular formula is C25H31N5O3. The van der Waals surface area contributed by atoms with Crippen molar-refractivity contribution >= 4 is 11.6 Å². The minimum atomic E-state index is -0.452. The lowest BCUT2D eigenvalue weighted by atomic mass is 9.65. The van der Waals surface area contributed by atoms with Gasteiger partial charge in [-0.15, -0.1) is 0 Å². The Labute approximate surface area is 193 Å². The summed E-state index contributed by atoms with van der Waals surface area (Å²) in [5.74, 6) is 0.884. The van der Waals surface area contributed by atoms with E-state index in [0.29, 0.717) is 11.7 Å². The van der Waals surface area contributed by atoms with E-state index in [9.17, 15) is 9.90 Å². The van der Waals surface area contributed by atoms with Crippen LogP contribution in [-0.4, -0.2) is 54.4 Å². The van der Waals surface area contributed by atoms with Crippen molar-refractivity contribution in [1.29, 1.82) is 0 Å². The van der Waals surface area contributed by atoms with Crippen LogP contribution in [0.2, 0.25) is 0 Å².